The molecule has 104 valence electrons. The first-order valence-electron chi connectivity index (χ1n) is 8.19. The van der Waals surface area contributed by atoms with Gasteiger partial charge >= 0.3 is 0 Å². The van der Waals surface area contributed by atoms with Gasteiger partial charge in [-0.2, -0.15) is 0 Å². The number of rotatable bonds is 6. The van der Waals surface area contributed by atoms with Crippen molar-refractivity contribution in [3.8, 4) is 0 Å². The molecule has 3 rings (SSSR count). The summed E-state index contributed by atoms with van der Waals surface area (Å²) in [7, 11) is 2.30. The minimum atomic E-state index is 0.707. The maximum atomic E-state index is 3.86. The summed E-state index contributed by atoms with van der Waals surface area (Å²) in [6.45, 7) is 3.57. The minimum absolute atomic E-state index is 0.707. The number of nitrogens with zero attached hydrogens (tertiary/aromatic N) is 1. The van der Waals surface area contributed by atoms with Gasteiger partial charge in [0.2, 0.25) is 0 Å². The van der Waals surface area contributed by atoms with Gasteiger partial charge in [0.1, 0.15) is 0 Å². The van der Waals surface area contributed by atoms with Crippen LogP contribution in [0.4, 0.5) is 0 Å². The topological polar surface area (TPSA) is 15.3 Å². The predicted molar refractivity (Wildman–Crippen MR) is 76.7 cm³/mol. The molecule has 3 unspecified atom stereocenters. The lowest BCUT2D eigenvalue weighted by molar-refractivity contribution is 0.212. The van der Waals surface area contributed by atoms with Gasteiger partial charge in [0.15, 0.2) is 0 Å². The maximum Gasteiger partial charge on any atom is 0.0192 e. The van der Waals surface area contributed by atoms with Crippen molar-refractivity contribution in [3.63, 3.8) is 0 Å². The Bertz CT molecular complexity index is 270. The SMILES string of the molecule is CC(CNC1CCCC(C2CC2)C1)N(C)C1CC1. The molecule has 0 aromatic rings. The highest BCUT2D eigenvalue weighted by atomic mass is 15.2. The van der Waals surface area contributed by atoms with E-state index in [1.165, 1.54) is 57.9 Å². The van der Waals surface area contributed by atoms with E-state index in [4.69, 9.17) is 0 Å². The zero-order chi connectivity index (χ0) is 12.5. The normalized spacial score (nSPS) is 34.8. The van der Waals surface area contributed by atoms with Crippen LogP contribution in [-0.4, -0.2) is 36.6 Å². The summed E-state index contributed by atoms with van der Waals surface area (Å²) >= 11 is 0. The van der Waals surface area contributed by atoms with Crippen LogP contribution in [0.25, 0.3) is 0 Å². The summed E-state index contributed by atoms with van der Waals surface area (Å²) in [5.74, 6) is 2.17. The highest BCUT2D eigenvalue weighted by molar-refractivity contribution is 4.89. The zero-order valence-electron chi connectivity index (χ0n) is 12.2. The Balaban J connectivity index is 1.38. The molecule has 0 saturated heterocycles. The van der Waals surface area contributed by atoms with Crippen molar-refractivity contribution >= 4 is 0 Å². The van der Waals surface area contributed by atoms with Crippen molar-refractivity contribution in [1.29, 1.82) is 0 Å². The Hall–Kier alpha value is -0.0800. The molecular weight excluding hydrogens is 220 g/mol. The van der Waals surface area contributed by atoms with Crippen molar-refractivity contribution in [3.05, 3.63) is 0 Å². The van der Waals surface area contributed by atoms with Gasteiger partial charge in [0.05, 0.1) is 0 Å². The molecule has 3 fully saturated rings. The summed E-state index contributed by atoms with van der Waals surface area (Å²) in [5, 5.41) is 3.86. The van der Waals surface area contributed by atoms with Crippen molar-refractivity contribution in [2.75, 3.05) is 13.6 Å². The number of hydrogen-bond donors (Lipinski definition) is 1. The van der Waals surface area contributed by atoms with E-state index in [0.717, 1.165) is 23.9 Å². The van der Waals surface area contributed by atoms with E-state index in [2.05, 4.69) is 24.2 Å². The summed E-state index contributed by atoms with van der Waals surface area (Å²) in [6, 6.07) is 2.42. The van der Waals surface area contributed by atoms with Crippen LogP contribution in [0, 0.1) is 11.8 Å². The van der Waals surface area contributed by atoms with Gasteiger partial charge < -0.3 is 5.32 Å². The second-order valence-electron chi connectivity index (χ2n) is 7.11. The lowest BCUT2D eigenvalue weighted by Gasteiger charge is -2.32. The second-order valence-corrected chi connectivity index (χ2v) is 7.11. The van der Waals surface area contributed by atoms with Crippen molar-refractivity contribution < 1.29 is 0 Å². The van der Waals surface area contributed by atoms with Gasteiger partial charge in [-0.3, -0.25) is 4.90 Å². The standard InChI is InChI=1S/C16H30N2/c1-12(18(2)16-8-9-16)11-17-15-5-3-4-14(10-15)13-6-7-13/h12-17H,3-11H2,1-2H3. The molecule has 3 saturated carbocycles. The molecule has 0 bridgehead atoms. The highest BCUT2D eigenvalue weighted by Crippen LogP contribution is 2.43. The smallest absolute Gasteiger partial charge is 0.0192 e. The highest BCUT2D eigenvalue weighted by Gasteiger charge is 2.35. The molecule has 3 aliphatic rings. The fraction of sp³-hybridized carbons (Fsp3) is 1.00. The third-order valence-corrected chi connectivity index (χ3v) is 5.52. The molecule has 2 heteroatoms. The van der Waals surface area contributed by atoms with E-state index in [-0.39, 0.29) is 0 Å². The van der Waals surface area contributed by atoms with Crippen LogP contribution in [0.15, 0.2) is 0 Å². The number of nitrogens with one attached hydrogen (secondary N) is 1. The van der Waals surface area contributed by atoms with Gasteiger partial charge in [-0.1, -0.05) is 12.8 Å². The minimum Gasteiger partial charge on any atom is -0.312 e. The molecule has 18 heavy (non-hydrogen) atoms. The fourth-order valence-electron chi connectivity index (χ4n) is 3.73. The van der Waals surface area contributed by atoms with E-state index in [0.29, 0.717) is 6.04 Å². The summed E-state index contributed by atoms with van der Waals surface area (Å²) in [5.41, 5.74) is 0. The first-order chi connectivity index (χ1) is 8.74. The first-order valence-corrected chi connectivity index (χ1v) is 8.19. The van der Waals surface area contributed by atoms with Crippen molar-refractivity contribution in [2.45, 2.75) is 76.4 Å². The molecule has 0 aromatic carbocycles. The van der Waals surface area contributed by atoms with Crippen LogP contribution in [0.3, 0.4) is 0 Å². The van der Waals surface area contributed by atoms with E-state index >= 15 is 0 Å². The monoisotopic (exact) mass is 250 g/mol. The third kappa shape index (κ3) is 3.27. The number of hydrogen-bond acceptors (Lipinski definition) is 2. The lowest BCUT2D eigenvalue weighted by atomic mass is 9.82. The van der Waals surface area contributed by atoms with E-state index in [9.17, 15) is 0 Å². The van der Waals surface area contributed by atoms with Crippen LogP contribution >= 0.6 is 0 Å². The van der Waals surface area contributed by atoms with Crippen LogP contribution in [0.5, 0.6) is 0 Å². The Kier molecular flexibility index (Phi) is 3.95. The largest absolute Gasteiger partial charge is 0.312 e. The van der Waals surface area contributed by atoms with Crippen molar-refractivity contribution in [1.82, 2.24) is 10.2 Å². The number of likely N-dealkylation sites (N-methyl/N-ethyl adjacent to an activating group) is 1. The summed E-state index contributed by atoms with van der Waals surface area (Å²) in [6.07, 6.45) is 11.8. The lowest BCUT2D eigenvalue weighted by Crippen LogP contribution is -2.44. The summed E-state index contributed by atoms with van der Waals surface area (Å²) < 4.78 is 0. The van der Waals surface area contributed by atoms with Crippen LogP contribution in [0.2, 0.25) is 0 Å². The first kappa shape index (κ1) is 12.9. The van der Waals surface area contributed by atoms with E-state index in [1.807, 2.05) is 0 Å². The quantitative estimate of drug-likeness (QED) is 0.779. The van der Waals surface area contributed by atoms with Gasteiger partial charge in [0.25, 0.3) is 0 Å². The molecule has 0 heterocycles. The molecule has 0 spiro atoms. The van der Waals surface area contributed by atoms with Gasteiger partial charge in [-0.25, -0.2) is 0 Å². The molecule has 2 nitrogen and oxygen atoms in total. The second kappa shape index (κ2) is 5.50. The van der Waals surface area contributed by atoms with Gasteiger partial charge in [-0.05, 0) is 64.3 Å². The van der Waals surface area contributed by atoms with Crippen LogP contribution < -0.4 is 5.32 Å². The molecule has 0 aromatic heterocycles. The molecule has 0 radical (unpaired) electrons. The van der Waals surface area contributed by atoms with E-state index in [1.54, 1.807) is 0 Å². The third-order valence-electron chi connectivity index (χ3n) is 5.52. The Morgan fingerprint density at radius 3 is 2.50 bits per heavy atom. The Labute approximate surface area is 113 Å². The Morgan fingerprint density at radius 1 is 1.06 bits per heavy atom. The average Bonchev–Trinajstić information content (AvgIpc) is 3.28. The molecule has 0 amide bonds. The molecule has 3 aliphatic carbocycles. The fourth-order valence-corrected chi connectivity index (χ4v) is 3.73. The maximum absolute atomic E-state index is 3.86. The zero-order valence-corrected chi connectivity index (χ0v) is 12.2. The van der Waals surface area contributed by atoms with Crippen LogP contribution in [0.1, 0.15) is 58.3 Å². The Morgan fingerprint density at radius 2 is 1.83 bits per heavy atom. The van der Waals surface area contributed by atoms with Gasteiger partial charge in [-0.15, -0.1) is 0 Å². The van der Waals surface area contributed by atoms with E-state index < -0.39 is 0 Å². The van der Waals surface area contributed by atoms with Crippen LogP contribution in [-0.2, 0) is 0 Å². The molecular formula is C16H30N2. The van der Waals surface area contributed by atoms with Gasteiger partial charge in [0, 0.05) is 24.7 Å². The molecule has 3 atom stereocenters. The molecule has 1 N–H and O–H groups in total. The molecule has 0 aliphatic heterocycles. The average molecular weight is 250 g/mol. The predicted octanol–water partition coefficient (Wildman–Crippen LogP) is 3.03. The summed E-state index contributed by atoms with van der Waals surface area (Å²) in [4.78, 5) is 2.58. The van der Waals surface area contributed by atoms with Crippen molar-refractivity contribution in [2.24, 2.45) is 11.8 Å².